The summed E-state index contributed by atoms with van der Waals surface area (Å²) in [6.07, 6.45) is 2.23. The molecule has 2 rings (SSSR count). The summed E-state index contributed by atoms with van der Waals surface area (Å²) in [4.78, 5) is 11.6. The van der Waals surface area contributed by atoms with Gasteiger partial charge in [0, 0.05) is 17.6 Å². The Balaban J connectivity index is 2.41. The smallest absolute Gasteiger partial charge is 0.159 e. The van der Waals surface area contributed by atoms with Crippen molar-refractivity contribution < 1.29 is 9.90 Å². The molecule has 0 unspecified atom stereocenters. The summed E-state index contributed by atoms with van der Waals surface area (Å²) in [5.41, 5.74) is 2.04. The highest BCUT2D eigenvalue weighted by Gasteiger charge is 2.15. The topological polar surface area (TPSA) is 37.3 Å². The average molecular weight is 295 g/mol. The zero-order valence-corrected chi connectivity index (χ0v) is 11.9. The van der Waals surface area contributed by atoms with E-state index < -0.39 is 0 Å². The van der Waals surface area contributed by atoms with Gasteiger partial charge >= 0.3 is 0 Å². The Bertz CT molecular complexity index is 610. The van der Waals surface area contributed by atoms with Gasteiger partial charge in [0.05, 0.1) is 15.6 Å². The van der Waals surface area contributed by atoms with Crippen LogP contribution in [0, 0.1) is 11.8 Å². The number of halogens is 2. The minimum absolute atomic E-state index is 0.00351. The Kier molecular flexibility index (Phi) is 4.19. The Labute approximate surface area is 122 Å². The van der Waals surface area contributed by atoms with Gasteiger partial charge in [0.1, 0.15) is 5.75 Å². The number of carbonyl (C=O) groups excluding carboxylic acids is 1. The van der Waals surface area contributed by atoms with E-state index in [0.29, 0.717) is 22.0 Å². The van der Waals surface area contributed by atoms with Crippen molar-refractivity contribution in [3.8, 4) is 17.6 Å². The Morgan fingerprint density at radius 2 is 1.79 bits per heavy atom. The van der Waals surface area contributed by atoms with Gasteiger partial charge in [0.25, 0.3) is 0 Å². The fourth-order valence-corrected chi connectivity index (χ4v) is 2.51. The van der Waals surface area contributed by atoms with Crippen molar-refractivity contribution in [2.75, 3.05) is 0 Å². The summed E-state index contributed by atoms with van der Waals surface area (Å²) in [5, 5.41) is 9.95. The Morgan fingerprint density at radius 1 is 1.16 bits per heavy atom. The normalized spacial score (nSPS) is 15.2. The molecule has 2 nitrogen and oxygen atoms in total. The van der Waals surface area contributed by atoms with E-state index in [0.717, 1.165) is 24.0 Å². The molecule has 0 heterocycles. The molecule has 1 N–H and O–H groups in total. The highest BCUT2D eigenvalue weighted by atomic mass is 35.5. The second-order valence-electron chi connectivity index (χ2n) is 4.41. The largest absolute Gasteiger partial charge is 0.508 e. The van der Waals surface area contributed by atoms with Gasteiger partial charge in [0.2, 0.25) is 0 Å². The van der Waals surface area contributed by atoms with Crippen LogP contribution in [-0.4, -0.2) is 10.9 Å². The number of phenolic OH excluding ortho intramolecular Hbond substituents is 1. The number of allylic oxidation sites excluding steroid dienone is 2. The molecule has 98 valence electrons. The molecule has 0 aliphatic heterocycles. The highest BCUT2D eigenvalue weighted by molar-refractivity contribution is 6.36. The van der Waals surface area contributed by atoms with Gasteiger partial charge in [-0.1, -0.05) is 35.0 Å². The number of hydrogen-bond donors (Lipinski definition) is 1. The van der Waals surface area contributed by atoms with Crippen LogP contribution in [0.15, 0.2) is 23.3 Å². The van der Waals surface area contributed by atoms with E-state index in [4.69, 9.17) is 23.2 Å². The lowest BCUT2D eigenvalue weighted by Gasteiger charge is -2.11. The van der Waals surface area contributed by atoms with Gasteiger partial charge in [-0.3, -0.25) is 4.79 Å². The molecule has 0 fully saturated rings. The molecule has 1 aromatic carbocycles. The number of hydrogen-bond acceptors (Lipinski definition) is 2. The molecule has 0 bridgehead atoms. The lowest BCUT2D eigenvalue weighted by molar-refractivity contribution is -0.116. The first-order valence-electron chi connectivity index (χ1n) is 5.92. The van der Waals surface area contributed by atoms with Crippen LogP contribution in [0.2, 0.25) is 10.0 Å². The second-order valence-corrected chi connectivity index (χ2v) is 5.23. The first-order valence-corrected chi connectivity index (χ1v) is 6.67. The van der Waals surface area contributed by atoms with Crippen LogP contribution in [0.5, 0.6) is 5.75 Å². The molecule has 19 heavy (non-hydrogen) atoms. The van der Waals surface area contributed by atoms with Crippen molar-refractivity contribution in [2.45, 2.75) is 26.2 Å². The average Bonchev–Trinajstić information content (AvgIpc) is 2.33. The summed E-state index contributed by atoms with van der Waals surface area (Å²) < 4.78 is 0. The molecular formula is C15H12Cl2O2. The van der Waals surface area contributed by atoms with Crippen molar-refractivity contribution >= 4 is 29.0 Å². The zero-order valence-electron chi connectivity index (χ0n) is 10.4. The monoisotopic (exact) mass is 294 g/mol. The molecule has 1 aromatic rings. The predicted octanol–water partition coefficient (Wildman–Crippen LogP) is 4.12. The Hall–Kier alpha value is -1.43. The summed E-state index contributed by atoms with van der Waals surface area (Å²) >= 11 is 12.0. The van der Waals surface area contributed by atoms with Crippen molar-refractivity contribution in [2.24, 2.45) is 0 Å². The van der Waals surface area contributed by atoms with Gasteiger partial charge in [-0.25, -0.2) is 0 Å². The molecule has 0 spiro atoms. The summed E-state index contributed by atoms with van der Waals surface area (Å²) in [5.74, 6) is 6.03. The van der Waals surface area contributed by atoms with Crippen molar-refractivity contribution in [3.05, 3.63) is 38.9 Å². The van der Waals surface area contributed by atoms with E-state index in [9.17, 15) is 9.90 Å². The Morgan fingerprint density at radius 3 is 2.42 bits per heavy atom. The third kappa shape index (κ3) is 3.12. The molecule has 0 saturated heterocycles. The first kappa shape index (κ1) is 14.0. The highest BCUT2D eigenvalue weighted by Crippen LogP contribution is 2.29. The standard InChI is InChI=1S/C15H12Cl2O2/c1-9-10(3-2-4-15(9)19)5-6-12-13(16)7-11(18)8-14(12)17/h7-8,18H,2-4H2,1H3. The maximum atomic E-state index is 11.6. The predicted molar refractivity (Wildman–Crippen MR) is 76.6 cm³/mol. The summed E-state index contributed by atoms with van der Waals surface area (Å²) in [6.45, 7) is 1.80. The lowest BCUT2D eigenvalue weighted by Crippen LogP contribution is -2.08. The molecule has 4 heteroatoms. The van der Waals surface area contributed by atoms with E-state index >= 15 is 0 Å². The van der Waals surface area contributed by atoms with Crippen molar-refractivity contribution in [3.63, 3.8) is 0 Å². The van der Waals surface area contributed by atoms with Crippen LogP contribution in [0.3, 0.4) is 0 Å². The van der Waals surface area contributed by atoms with Gasteiger partial charge in [-0.05, 0) is 31.9 Å². The molecule has 1 aliphatic carbocycles. The van der Waals surface area contributed by atoms with E-state index in [1.807, 2.05) is 0 Å². The number of benzene rings is 1. The summed E-state index contributed by atoms with van der Waals surface area (Å²) in [6, 6.07) is 2.79. The quantitative estimate of drug-likeness (QED) is 0.731. The summed E-state index contributed by atoms with van der Waals surface area (Å²) in [7, 11) is 0. The van der Waals surface area contributed by atoms with Crippen LogP contribution >= 0.6 is 23.2 Å². The van der Waals surface area contributed by atoms with Gasteiger partial charge in [-0.2, -0.15) is 0 Å². The number of phenols is 1. The number of Topliss-reactive ketones (excluding diaryl/α,β-unsaturated/α-hetero) is 1. The maximum absolute atomic E-state index is 11.6. The zero-order chi connectivity index (χ0) is 14.0. The van der Waals surface area contributed by atoms with Crippen molar-refractivity contribution in [1.82, 2.24) is 0 Å². The van der Waals surface area contributed by atoms with Gasteiger partial charge in [-0.15, -0.1) is 0 Å². The van der Waals surface area contributed by atoms with E-state index in [1.165, 1.54) is 12.1 Å². The molecular weight excluding hydrogens is 283 g/mol. The molecule has 0 aromatic heterocycles. The van der Waals surface area contributed by atoms with Crippen LogP contribution < -0.4 is 0 Å². The van der Waals surface area contributed by atoms with Crippen molar-refractivity contribution in [1.29, 1.82) is 0 Å². The fraction of sp³-hybridized carbons (Fsp3) is 0.267. The van der Waals surface area contributed by atoms with Crippen LogP contribution in [-0.2, 0) is 4.79 Å². The van der Waals surface area contributed by atoms with Crippen LogP contribution in [0.25, 0.3) is 0 Å². The van der Waals surface area contributed by atoms with Gasteiger partial charge < -0.3 is 5.11 Å². The second kappa shape index (κ2) is 5.69. The third-order valence-electron chi connectivity index (χ3n) is 3.07. The minimum atomic E-state index is 0.00351. The number of ketones is 1. The number of carbonyl (C=O) groups is 1. The number of aromatic hydroxyl groups is 1. The third-order valence-corrected chi connectivity index (χ3v) is 3.66. The van der Waals surface area contributed by atoms with E-state index in [-0.39, 0.29) is 11.5 Å². The fourth-order valence-electron chi connectivity index (χ4n) is 1.94. The number of rotatable bonds is 0. The SMILES string of the molecule is CC1=C(C#Cc2c(Cl)cc(O)cc2Cl)CCCC1=O. The lowest BCUT2D eigenvalue weighted by atomic mass is 9.92. The van der Waals surface area contributed by atoms with Crippen LogP contribution in [0.1, 0.15) is 31.7 Å². The maximum Gasteiger partial charge on any atom is 0.159 e. The molecule has 0 radical (unpaired) electrons. The van der Waals surface area contributed by atoms with E-state index in [2.05, 4.69) is 11.8 Å². The molecule has 0 amide bonds. The molecule has 0 saturated carbocycles. The van der Waals surface area contributed by atoms with E-state index in [1.54, 1.807) is 6.92 Å². The minimum Gasteiger partial charge on any atom is -0.508 e. The molecule has 0 atom stereocenters. The van der Waals surface area contributed by atoms with Crippen LogP contribution in [0.4, 0.5) is 0 Å². The molecule has 1 aliphatic rings. The first-order chi connectivity index (χ1) is 8.99. The van der Waals surface area contributed by atoms with Gasteiger partial charge in [0.15, 0.2) is 5.78 Å².